The van der Waals surface area contributed by atoms with Crippen molar-refractivity contribution in [2.24, 2.45) is 0 Å². The van der Waals surface area contributed by atoms with Gasteiger partial charge in [0.15, 0.2) is 0 Å². The van der Waals surface area contributed by atoms with E-state index < -0.39 is 11.6 Å². The molecule has 5 heteroatoms. The molecule has 1 aromatic carbocycles. The molecular weight excluding hydrogens is 248 g/mol. The van der Waals surface area contributed by atoms with E-state index in [4.69, 9.17) is 0 Å². The number of halogens is 2. The van der Waals surface area contributed by atoms with Crippen molar-refractivity contribution in [2.45, 2.75) is 18.8 Å². The Morgan fingerprint density at radius 3 is 2.42 bits per heavy atom. The molecule has 0 bridgehead atoms. The lowest BCUT2D eigenvalue weighted by Gasteiger charge is -2.09. The third-order valence-corrected chi connectivity index (χ3v) is 3.16. The first kappa shape index (κ1) is 12.0. The van der Waals surface area contributed by atoms with Gasteiger partial charge in [0.05, 0.1) is 11.3 Å². The molecule has 0 spiro atoms. The number of nitrogens with one attached hydrogen (secondary N) is 1. The van der Waals surface area contributed by atoms with E-state index in [1.165, 1.54) is 18.2 Å². The lowest BCUT2D eigenvalue weighted by Crippen LogP contribution is -2.02. The average Bonchev–Trinajstić information content (AvgIpc) is 3.22. The SMILES string of the molecule is CNc1cc(-c2c(F)cccc2F)nc(C2CC2)n1. The van der Waals surface area contributed by atoms with Crippen molar-refractivity contribution in [3.8, 4) is 11.3 Å². The standard InChI is InChI=1S/C14H13F2N3/c1-17-12-7-11(18-14(19-12)8-5-6-8)13-9(15)3-2-4-10(13)16/h2-4,7-8H,5-6H2,1H3,(H,17,18,19). The Labute approximate surface area is 109 Å². The molecule has 1 N–H and O–H groups in total. The molecule has 1 aliphatic rings. The van der Waals surface area contributed by atoms with Crippen LogP contribution >= 0.6 is 0 Å². The van der Waals surface area contributed by atoms with Crippen LogP contribution in [0.15, 0.2) is 24.3 Å². The maximum absolute atomic E-state index is 13.8. The largest absolute Gasteiger partial charge is 0.373 e. The predicted molar refractivity (Wildman–Crippen MR) is 68.9 cm³/mol. The Hall–Kier alpha value is -2.04. The zero-order chi connectivity index (χ0) is 13.4. The molecule has 1 aromatic heterocycles. The lowest BCUT2D eigenvalue weighted by molar-refractivity contribution is 0.588. The second-order valence-corrected chi connectivity index (χ2v) is 4.62. The number of rotatable bonds is 3. The van der Waals surface area contributed by atoms with E-state index >= 15 is 0 Å². The summed E-state index contributed by atoms with van der Waals surface area (Å²) >= 11 is 0. The minimum absolute atomic E-state index is 0.0942. The van der Waals surface area contributed by atoms with E-state index in [0.717, 1.165) is 12.8 Å². The van der Waals surface area contributed by atoms with E-state index in [1.54, 1.807) is 13.1 Å². The van der Waals surface area contributed by atoms with Crippen LogP contribution in [0.2, 0.25) is 0 Å². The minimum Gasteiger partial charge on any atom is -0.373 e. The summed E-state index contributed by atoms with van der Waals surface area (Å²) in [5, 5.41) is 2.90. The van der Waals surface area contributed by atoms with Crippen molar-refractivity contribution in [3.05, 3.63) is 41.7 Å². The molecule has 0 aliphatic heterocycles. The van der Waals surface area contributed by atoms with Gasteiger partial charge in [0.2, 0.25) is 0 Å². The Morgan fingerprint density at radius 2 is 1.84 bits per heavy atom. The van der Waals surface area contributed by atoms with E-state index in [2.05, 4.69) is 15.3 Å². The summed E-state index contributed by atoms with van der Waals surface area (Å²) in [5.74, 6) is 0.339. The van der Waals surface area contributed by atoms with Crippen LogP contribution in [-0.4, -0.2) is 17.0 Å². The second kappa shape index (κ2) is 4.57. The van der Waals surface area contributed by atoms with Crippen molar-refractivity contribution >= 4 is 5.82 Å². The topological polar surface area (TPSA) is 37.8 Å². The van der Waals surface area contributed by atoms with E-state index in [9.17, 15) is 8.78 Å². The third-order valence-electron chi connectivity index (χ3n) is 3.16. The normalized spacial score (nSPS) is 14.5. The summed E-state index contributed by atoms with van der Waals surface area (Å²) in [5.41, 5.74) is 0.195. The van der Waals surface area contributed by atoms with Gasteiger partial charge in [-0.05, 0) is 25.0 Å². The number of hydrogen-bond donors (Lipinski definition) is 1. The molecule has 0 atom stereocenters. The number of benzene rings is 1. The molecule has 0 amide bonds. The first-order chi connectivity index (χ1) is 9.19. The van der Waals surface area contributed by atoms with Gasteiger partial charge in [-0.1, -0.05) is 6.07 Å². The summed E-state index contributed by atoms with van der Waals surface area (Å²) in [4.78, 5) is 8.64. The fourth-order valence-corrected chi connectivity index (χ4v) is 1.99. The molecule has 0 unspecified atom stereocenters. The van der Waals surface area contributed by atoms with Gasteiger partial charge in [-0.25, -0.2) is 18.7 Å². The van der Waals surface area contributed by atoms with Gasteiger partial charge in [-0.2, -0.15) is 0 Å². The molecule has 19 heavy (non-hydrogen) atoms. The average molecular weight is 261 g/mol. The fourth-order valence-electron chi connectivity index (χ4n) is 1.99. The molecule has 1 fully saturated rings. The monoisotopic (exact) mass is 261 g/mol. The fraction of sp³-hybridized carbons (Fsp3) is 0.286. The van der Waals surface area contributed by atoms with Gasteiger partial charge < -0.3 is 5.32 Å². The molecule has 0 radical (unpaired) electrons. The van der Waals surface area contributed by atoms with Crippen molar-refractivity contribution < 1.29 is 8.78 Å². The summed E-state index contributed by atoms with van der Waals surface area (Å²) in [6.07, 6.45) is 2.07. The Morgan fingerprint density at radius 1 is 1.16 bits per heavy atom. The molecule has 2 aromatic rings. The van der Waals surface area contributed by atoms with Gasteiger partial charge in [-0.15, -0.1) is 0 Å². The first-order valence-corrected chi connectivity index (χ1v) is 6.20. The number of anilines is 1. The maximum Gasteiger partial charge on any atom is 0.135 e. The van der Waals surface area contributed by atoms with Crippen LogP contribution in [0.5, 0.6) is 0 Å². The van der Waals surface area contributed by atoms with E-state index in [0.29, 0.717) is 17.6 Å². The number of nitrogens with zero attached hydrogens (tertiary/aromatic N) is 2. The first-order valence-electron chi connectivity index (χ1n) is 6.20. The lowest BCUT2D eigenvalue weighted by atomic mass is 10.1. The highest BCUT2D eigenvalue weighted by Crippen LogP contribution is 2.39. The summed E-state index contributed by atoms with van der Waals surface area (Å²) < 4.78 is 27.6. The quantitative estimate of drug-likeness (QED) is 0.920. The molecule has 0 saturated heterocycles. The zero-order valence-electron chi connectivity index (χ0n) is 10.5. The van der Waals surface area contributed by atoms with E-state index in [-0.39, 0.29) is 11.3 Å². The van der Waals surface area contributed by atoms with Crippen LogP contribution in [-0.2, 0) is 0 Å². The van der Waals surface area contributed by atoms with Crippen LogP contribution < -0.4 is 5.32 Å². The molecule has 1 saturated carbocycles. The Kier molecular flexibility index (Phi) is 2.89. The van der Waals surface area contributed by atoms with Gasteiger partial charge in [0.25, 0.3) is 0 Å². The summed E-state index contributed by atoms with van der Waals surface area (Å²) in [6.45, 7) is 0. The molecular formula is C14H13F2N3. The van der Waals surface area contributed by atoms with Crippen molar-refractivity contribution in [2.75, 3.05) is 12.4 Å². The summed E-state index contributed by atoms with van der Waals surface area (Å²) in [7, 11) is 1.72. The number of aromatic nitrogens is 2. The summed E-state index contributed by atoms with van der Waals surface area (Å²) in [6, 6.07) is 5.37. The minimum atomic E-state index is -0.609. The maximum atomic E-state index is 13.8. The van der Waals surface area contributed by atoms with Gasteiger partial charge in [-0.3, -0.25) is 0 Å². The van der Waals surface area contributed by atoms with Crippen LogP contribution in [0.4, 0.5) is 14.6 Å². The third kappa shape index (κ3) is 2.28. The van der Waals surface area contributed by atoms with Crippen molar-refractivity contribution in [1.29, 1.82) is 0 Å². The van der Waals surface area contributed by atoms with Gasteiger partial charge in [0, 0.05) is 19.0 Å². The van der Waals surface area contributed by atoms with E-state index in [1.807, 2.05) is 0 Å². The molecule has 1 aliphatic carbocycles. The highest BCUT2D eigenvalue weighted by atomic mass is 19.1. The van der Waals surface area contributed by atoms with Crippen molar-refractivity contribution in [1.82, 2.24) is 9.97 Å². The second-order valence-electron chi connectivity index (χ2n) is 4.62. The van der Waals surface area contributed by atoms with Crippen molar-refractivity contribution in [3.63, 3.8) is 0 Å². The molecule has 3 rings (SSSR count). The Balaban J connectivity index is 2.16. The zero-order valence-corrected chi connectivity index (χ0v) is 10.5. The van der Waals surface area contributed by atoms with Gasteiger partial charge >= 0.3 is 0 Å². The highest BCUT2D eigenvalue weighted by Gasteiger charge is 2.28. The molecule has 3 nitrogen and oxygen atoms in total. The van der Waals surface area contributed by atoms with Crippen LogP contribution in [0.25, 0.3) is 11.3 Å². The predicted octanol–water partition coefficient (Wildman–Crippen LogP) is 3.34. The van der Waals surface area contributed by atoms with Crippen LogP contribution in [0.1, 0.15) is 24.6 Å². The Bertz CT molecular complexity index is 604. The van der Waals surface area contributed by atoms with Crippen LogP contribution in [0, 0.1) is 11.6 Å². The molecule has 98 valence electrons. The van der Waals surface area contributed by atoms with Gasteiger partial charge in [0.1, 0.15) is 23.3 Å². The highest BCUT2D eigenvalue weighted by molar-refractivity contribution is 5.64. The van der Waals surface area contributed by atoms with Crippen LogP contribution in [0.3, 0.4) is 0 Å². The smallest absolute Gasteiger partial charge is 0.135 e. The number of hydrogen-bond acceptors (Lipinski definition) is 3. The molecule has 1 heterocycles.